The zero-order valence-electron chi connectivity index (χ0n) is 15.4. The molecule has 0 bridgehead atoms. The van der Waals surface area contributed by atoms with Gasteiger partial charge in [-0.15, -0.1) is 0 Å². The van der Waals surface area contributed by atoms with Crippen molar-refractivity contribution in [3.8, 4) is 11.4 Å². The van der Waals surface area contributed by atoms with Gasteiger partial charge in [-0.2, -0.15) is 9.38 Å². The van der Waals surface area contributed by atoms with Gasteiger partial charge in [-0.1, -0.05) is 72.3 Å². The molecular weight excluding hydrogens is 422 g/mol. The van der Waals surface area contributed by atoms with Crippen molar-refractivity contribution < 1.29 is 0 Å². The quantitative estimate of drug-likeness (QED) is 0.388. The predicted octanol–water partition coefficient (Wildman–Crippen LogP) is 5.74. The number of halogens is 1. The lowest BCUT2D eigenvalue weighted by Gasteiger charge is -2.29. The molecule has 8 heteroatoms. The molecule has 0 radical (unpaired) electrons. The maximum atomic E-state index is 6.75. The maximum Gasteiger partial charge on any atom is 0.370 e. The highest BCUT2D eigenvalue weighted by Crippen LogP contribution is 2.45. The normalized spacial score (nSPS) is 15.4. The Hall–Kier alpha value is -2.61. The summed E-state index contributed by atoms with van der Waals surface area (Å²) in [6, 6.07) is 19.9. The second-order valence-corrected chi connectivity index (χ2v) is 8.26. The second-order valence-electron chi connectivity index (χ2n) is 6.33. The number of anilines is 1. The van der Waals surface area contributed by atoms with E-state index < -0.39 is 0 Å². The number of amidine groups is 2. The van der Waals surface area contributed by atoms with Crippen molar-refractivity contribution in [3.63, 3.8) is 0 Å². The first-order valence-corrected chi connectivity index (χ1v) is 11.0. The third-order valence-corrected chi connectivity index (χ3v) is 6.84. The van der Waals surface area contributed by atoms with Gasteiger partial charge < -0.3 is 4.90 Å². The van der Waals surface area contributed by atoms with Gasteiger partial charge in [0.25, 0.3) is 0 Å². The third kappa shape index (κ3) is 3.25. The monoisotopic (exact) mass is 436 g/mol. The summed E-state index contributed by atoms with van der Waals surface area (Å²) < 4.78 is 9.16. The Labute approximate surface area is 181 Å². The van der Waals surface area contributed by atoms with E-state index in [1.807, 2.05) is 60.7 Å². The summed E-state index contributed by atoms with van der Waals surface area (Å²) in [5, 5.41) is 0.605. The Morgan fingerprint density at radius 1 is 1.00 bits per heavy atom. The molecule has 0 saturated carbocycles. The number of rotatable bonds is 3. The minimum atomic E-state index is 0.605. The minimum absolute atomic E-state index is 0.605. The van der Waals surface area contributed by atoms with Crippen LogP contribution in [0.5, 0.6) is 0 Å². The summed E-state index contributed by atoms with van der Waals surface area (Å²) in [7, 11) is 0. The van der Waals surface area contributed by atoms with Crippen molar-refractivity contribution in [1.29, 1.82) is 0 Å². The molecule has 0 N–H and O–H groups in total. The number of benzene rings is 2. The molecule has 0 aliphatic carbocycles. The smallest absolute Gasteiger partial charge is 0.305 e. The molecule has 0 atom stereocenters. The lowest BCUT2D eigenvalue weighted by molar-refractivity contribution is 1.01. The highest BCUT2D eigenvalue weighted by atomic mass is 35.5. The van der Waals surface area contributed by atoms with Gasteiger partial charge in [-0.3, -0.25) is 0 Å². The highest BCUT2D eigenvalue weighted by molar-refractivity contribution is 8.03. The van der Waals surface area contributed by atoms with Crippen LogP contribution in [0.4, 0.5) is 5.82 Å². The minimum Gasteiger partial charge on any atom is -0.305 e. The van der Waals surface area contributed by atoms with Crippen molar-refractivity contribution in [2.75, 3.05) is 11.4 Å². The Morgan fingerprint density at radius 2 is 1.69 bits per heavy atom. The summed E-state index contributed by atoms with van der Waals surface area (Å²) in [5.74, 6) is 2.94. The molecule has 0 fully saturated rings. The highest BCUT2D eigenvalue weighted by Gasteiger charge is 2.39. The molecular formula is C21H15ClN5S2+. The van der Waals surface area contributed by atoms with E-state index in [0.29, 0.717) is 23.2 Å². The summed E-state index contributed by atoms with van der Waals surface area (Å²) in [5.41, 5.74) is 1.94. The molecule has 0 unspecified atom stereocenters. The average Bonchev–Trinajstić information content (AvgIpc) is 2.80. The predicted molar refractivity (Wildman–Crippen MR) is 124 cm³/mol. The van der Waals surface area contributed by atoms with Crippen molar-refractivity contribution >= 4 is 57.6 Å². The van der Waals surface area contributed by atoms with E-state index >= 15 is 0 Å². The van der Waals surface area contributed by atoms with Crippen molar-refractivity contribution in [2.45, 2.75) is 6.92 Å². The number of fused-ring (bicyclic) bond motifs is 2. The standard InChI is InChI=1S/C21H15ClN5S2/c1-2-27-20-16(28-25-18(23-20)13-9-5-3-6-10-13)15(22)17-21(27)24-19(26-29-17)14-11-7-4-8-12-14/h3-12H,2H2,1H3/q+1. The van der Waals surface area contributed by atoms with Gasteiger partial charge in [0.1, 0.15) is 5.03 Å². The maximum absolute atomic E-state index is 6.75. The van der Waals surface area contributed by atoms with Gasteiger partial charge in [0, 0.05) is 34.0 Å². The van der Waals surface area contributed by atoms with Crippen LogP contribution in [0.3, 0.4) is 0 Å². The molecule has 2 aliphatic heterocycles. The van der Waals surface area contributed by atoms with Crippen LogP contribution in [0, 0.1) is 0 Å². The Morgan fingerprint density at radius 3 is 2.38 bits per heavy atom. The number of aliphatic imine (C=N–C) groups is 1. The Kier molecular flexibility index (Phi) is 4.87. The van der Waals surface area contributed by atoms with Crippen molar-refractivity contribution in [3.05, 3.63) is 76.0 Å². The molecule has 3 heterocycles. The van der Waals surface area contributed by atoms with Gasteiger partial charge in [-0.25, -0.2) is 4.99 Å². The van der Waals surface area contributed by atoms with Crippen LogP contribution in [0.2, 0.25) is 0 Å². The first-order chi connectivity index (χ1) is 14.3. The average molecular weight is 437 g/mol. The van der Waals surface area contributed by atoms with E-state index in [-0.39, 0.29) is 0 Å². The number of aromatic nitrogens is 2. The van der Waals surface area contributed by atoms with Gasteiger partial charge in [0.2, 0.25) is 11.6 Å². The number of nitrogens with zero attached hydrogens (tertiary/aromatic N) is 5. The van der Waals surface area contributed by atoms with E-state index in [1.54, 1.807) is 0 Å². The van der Waals surface area contributed by atoms with Crippen molar-refractivity contribution in [1.82, 2.24) is 9.36 Å². The summed E-state index contributed by atoms with van der Waals surface area (Å²) in [6.45, 7) is 2.79. The van der Waals surface area contributed by atoms with Crippen LogP contribution in [-0.4, -0.2) is 27.6 Å². The zero-order valence-corrected chi connectivity index (χ0v) is 17.8. The first-order valence-electron chi connectivity index (χ1n) is 9.10. The molecule has 0 spiro atoms. The van der Waals surface area contributed by atoms with Gasteiger partial charge in [-0.05, 0) is 6.92 Å². The number of likely N-dealkylation sites (N-methyl/N-ethyl adjacent to an activating group) is 1. The fourth-order valence-corrected chi connectivity index (χ4v) is 5.08. The van der Waals surface area contributed by atoms with E-state index in [0.717, 1.165) is 32.6 Å². The van der Waals surface area contributed by atoms with Gasteiger partial charge >= 0.3 is 16.4 Å². The Balaban J connectivity index is 1.64. The lowest BCUT2D eigenvalue weighted by Crippen LogP contribution is -2.37. The molecule has 1 aromatic heterocycles. The van der Waals surface area contributed by atoms with Crippen LogP contribution in [0.1, 0.15) is 17.4 Å². The van der Waals surface area contributed by atoms with E-state index in [2.05, 4.69) is 20.6 Å². The largest absolute Gasteiger partial charge is 0.370 e. The number of hydrogen-bond acceptors (Lipinski definition) is 6. The molecule has 29 heavy (non-hydrogen) atoms. The second kappa shape index (κ2) is 7.67. The van der Waals surface area contributed by atoms with Crippen molar-refractivity contribution in [2.24, 2.45) is 9.39 Å². The van der Waals surface area contributed by atoms with E-state index in [1.165, 1.54) is 23.5 Å². The van der Waals surface area contributed by atoms with Crippen LogP contribution < -0.4 is 4.90 Å². The molecule has 2 aliphatic rings. The van der Waals surface area contributed by atoms with E-state index in [4.69, 9.17) is 21.6 Å². The van der Waals surface area contributed by atoms with Gasteiger partial charge in [0.05, 0.1) is 4.91 Å². The summed E-state index contributed by atoms with van der Waals surface area (Å²) >= 11 is 9.46. The molecule has 0 saturated heterocycles. The first kappa shape index (κ1) is 18.4. The molecule has 2 aromatic carbocycles. The fourth-order valence-electron chi connectivity index (χ4n) is 3.16. The zero-order chi connectivity index (χ0) is 19.8. The molecule has 142 valence electrons. The van der Waals surface area contributed by atoms with Crippen LogP contribution in [0.15, 0.2) is 75.0 Å². The van der Waals surface area contributed by atoms with Crippen LogP contribution in [-0.2, 0) is 0 Å². The summed E-state index contributed by atoms with van der Waals surface area (Å²) in [4.78, 5) is 13.5. The topological polar surface area (TPSA) is 53.7 Å². The Bertz CT molecular complexity index is 1180. The SMILES string of the molecule is CCN1C2=NC(c3ccccc3)=NSC2=C(Cl)c2[s+]nc(-c3ccccc3)nc21. The summed E-state index contributed by atoms with van der Waals surface area (Å²) in [6.07, 6.45) is 0. The molecule has 5 rings (SSSR count). The molecule has 3 aromatic rings. The van der Waals surface area contributed by atoms with Gasteiger partial charge in [0.15, 0.2) is 11.7 Å². The van der Waals surface area contributed by atoms with Crippen LogP contribution >= 0.6 is 35.1 Å². The molecule has 0 amide bonds. The lowest BCUT2D eigenvalue weighted by atomic mass is 10.2. The number of hydrogen-bond donors (Lipinski definition) is 0. The van der Waals surface area contributed by atoms with Crippen LogP contribution in [0.25, 0.3) is 16.4 Å². The third-order valence-electron chi connectivity index (χ3n) is 4.57. The molecule has 5 nitrogen and oxygen atoms in total. The van der Waals surface area contributed by atoms with E-state index in [9.17, 15) is 0 Å². The fraction of sp³-hybridized carbons (Fsp3) is 0.0952.